The molecule has 1 saturated heterocycles. The van der Waals surface area contributed by atoms with Crippen LogP contribution in [0.25, 0.3) is 0 Å². The molecule has 1 fully saturated rings. The van der Waals surface area contributed by atoms with Gasteiger partial charge >= 0.3 is 0 Å². The lowest BCUT2D eigenvalue weighted by atomic mass is 9.97. The molecule has 3 rings (SSSR count). The van der Waals surface area contributed by atoms with Gasteiger partial charge in [-0.1, -0.05) is 43.7 Å². The molecule has 0 radical (unpaired) electrons. The number of carbonyl (C=O) groups excluding carboxylic acids is 1. The number of anilines is 1. The summed E-state index contributed by atoms with van der Waals surface area (Å²) in [6.45, 7) is 6.92. The van der Waals surface area contributed by atoms with Gasteiger partial charge in [-0.05, 0) is 61.9 Å². The second-order valence-electron chi connectivity index (χ2n) is 7.94. The van der Waals surface area contributed by atoms with Crippen molar-refractivity contribution in [2.24, 2.45) is 5.92 Å². The molecule has 1 aliphatic heterocycles. The Hall–Kier alpha value is -2.18. The molecule has 0 saturated carbocycles. The monoisotopic (exact) mass is 414 g/mol. The third kappa shape index (κ3) is 5.06. The minimum absolute atomic E-state index is 0.120. The summed E-state index contributed by atoms with van der Waals surface area (Å²) in [4.78, 5) is 13.0. The van der Waals surface area contributed by atoms with Crippen LogP contribution in [0.5, 0.6) is 0 Å². The molecule has 0 spiro atoms. The highest BCUT2D eigenvalue weighted by Crippen LogP contribution is 2.26. The molecule has 29 heavy (non-hydrogen) atoms. The highest BCUT2D eigenvalue weighted by molar-refractivity contribution is 7.89. The van der Waals surface area contributed by atoms with E-state index in [-0.39, 0.29) is 23.3 Å². The van der Waals surface area contributed by atoms with Crippen molar-refractivity contribution in [3.8, 4) is 0 Å². The Morgan fingerprint density at radius 3 is 2.41 bits per heavy atom. The Morgan fingerprint density at radius 2 is 1.79 bits per heavy atom. The number of hydrogen-bond acceptors (Lipinski definition) is 3. The second-order valence-corrected chi connectivity index (χ2v) is 9.87. The first kappa shape index (κ1) is 21.5. The number of benzene rings is 2. The summed E-state index contributed by atoms with van der Waals surface area (Å²) >= 11 is 0. The molecular formula is C23H30N2O3S. The van der Waals surface area contributed by atoms with Crippen molar-refractivity contribution in [3.05, 3.63) is 59.7 Å². The Bertz CT molecular complexity index is 937. The largest absolute Gasteiger partial charge is 0.326 e. The number of aryl methyl sites for hydroxylation is 1. The maximum Gasteiger partial charge on any atom is 0.243 e. The average Bonchev–Trinajstić information content (AvgIpc) is 2.74. The van der Waals surface area contributed by atoms with Crippen LogP contribution in [0.2, 0.25) is 0 Å². The normalized spacial score (nSPS) is 18.9. The van der Waals surface area contributed by atoms with E-state index in [4.69, 9.17) is 0 Å². The summed E-state index contributed by atoms with van der Waals surface area (Å²) in [5.41, 5.74) is 3.01. The third-order valence-corrected chi connectivity index (χ3v) is 7.65. The fourth-order valence-corrected chi connectivity index (χ4v) is 5.13. The third-order valence-electron chi connectivity index (χ3n) is 5.77. The van der Waals surface area contributed by atoms with Gasteiger partial charge in [0, 0.05) is 18.8 Å². The van der Waals surface area contributed by atoms with E-state index in [0.717, 1.165) is 17.7 Å². The number of hydrogen-bond donors (Lipinski definition) is 1. The van der Waals surface area contributed by atoms with E-state index in [9.17, 15) is 13.2 Å². The molecule has 6 heteroatoms. The van der Waals surface area contributed by atoms with Gasteiger partial charge in [0.05, 0.1) is 10.8 Å². The summed E-state index contributed by atoms with van der Waals surface area (Å²) in [6.07, 6.45) is 2.44. The lowest BCUT2D eigenvalue weighted by molar-refractivity contribution is -0.120. The molecule has 0 unspecified atom stereocenters. The molecule has 2 aromatic rings. The lowest BCUT2D eigenvalue weighted by Crippen LogP contribution is -2.43. The quantitative estimate of drug-likeness (QED) is 0.754. The fourth-order valence-electron chi connectivity index (χ4n) is 3.61. The van der Waals surface area contributed by atoms with Gasteiger partial charge in [-0.15, -0.1) is 0 Å². The van der Waals surface area contributed by atoms with Gasteiger partial charge in [-0.3, -0.25) is 4.79 Å². The standard InChI is InChI=1S/C23H30N2O3S/c1-4-18(3)19-9-11-21(12-10-19)24-23(26)20-6-5-15-25(16-20)29(27,28)22-13-7-17(2)8-14-22/h7-14,18,20H,4-6,15-16H2,1-3H3,(H,24,26)/t18-,20+/m1/s1. The smallest absolute Gasteiger partial charge is 0.243 e. The van der Waals surface area contributed by atoms with Gasteiger partial charge in [0.15, 0.2) is 0 Å². The van der Waals surface area contributed by atoms with Gasteiger partial charge in [0.2, 0.25) is 15.9 Å². The van der Waals surface area contributed by atoms with Gasteiger partial charge < -0.3 is 5.32 Å². The summed E-state index contributed by atoms with van der Waals surface area (Å²) < 4.78 is 27.3. The number of rotatable bonds is 6. The Kier molecular flexibility index (Phi) is 6.75. The predicted molar refractivity (Wildman–Crippen MR) is 116 cm³/mol. The number of amides is 1. The topological polar surface area (TPSA) is 66.5 Å². The summed E-state index contributed by atoms with van der Waals surface area (Å²) in [7, 11) is -3.58. The molecule has 5 nitrogen and oxygen atoms in total. The molecular weight excluding hydrogens is 384 g/mol. The van der Waals surface area contributed by atoms with Crippen molar-refractivity contribution in [1.29, 1.82) is 0 Å². The van der Waals surface area contributed by atoms with Crippen LogP contribution in [0.15, 0.2) is 53.4 Å². The van der Waals surface area contributed by atoms with Crippen molar-refractivity contribution in [2.75, 3.05) is 18.4 Å². The predicted octanol–water partition coefficient (Wildman–Crippen LogP) is 4.55. The maximum absolute atomic E-state index is 12.9. The van der Waals surface area contributed by atoms with Crippen LogP contribution in [0.1, 0.15) is 50.2 Å². The second kappa shape index (κ2) is 9.09. The van der Waals surface area contributed by atoms with Crippen molar-refractivity contribution in [3.63, 3.8) is 0 Å². The molecule has 1 aliphatic rings. The lowest BCUT2D eigenvalue weighted by Gasteiger charge is -2.31. The van der Waals surface area contributed by atoms with Gasteiger partial charge in [0.25, 0.3) is 0 Å². The first-order valence-corrected chi connectivity index (χ1v) is 11.7. The summed E-state index contributed by atoms with van der Waals surface area (Å²) in [6, 6.07) is 14.8. The summed E-state index contributed by atoms with van der Waals surface area (Å²) in [5.74, 6) is 0.0157. The van der Waals surface area contributed by atoms with E-state index in [2.05, 4.69) is 19.2 Å². The van der Waals surface area contributed by atoms with E-state index < -0.39 is 10.0 Å². The zero-order chi connectivity index (χ0) is 21.0. The van der Waals surface area contributed by atoms with Crippen LogP contribution in [0.4, 0.5) is 5.69 Å². The fraction of sp³-hybridized carbons (Fsp3) is 0.435. The van der Waals surface area contributed by atoms with Crippen molar-refractivity contribution >= 4 is 21.6 Å². The van der Waals surface area contributed by atoms with Gasteiger partial charge in [0.1, 0.15) is 0 Å². The zero-order valence-corrected chi connectivity index (χ0v) is 18.2. The zero-order valence-electron chi connectivity index (χ0n) is 17.4. The first-order valence-electron chi connectivity index (χ1n) is 10.3. The molecule has 0 aromatic heterocycles. The van der Waals surface area contributed by atoms with Crippen molar-refractivity contribution in [2.45, 2.75) is 50.8 Å². The molecule has 1 N–H and O–H groups in total. The van der Waals surface area contributed by atoms with E-state index in [1.54, 1.807) is 24.3 Å². The van der Waals surface area contributed by atoms with E-state index in [1.165, 1.54) is 9.87 Å². The molecule has 2 atom stereocenters. The minimum atomic E-state index is -3.58. The average molecular weight is 415 g/mol. The number of nitrogens with one attached hydrogen (secondary N) is 1. The van der Waals surface area contributed by atoms with Crippen LogP contribution in [0, 0.1) is 12.8 Å². The maximum atomic E-state index is 12.9. The Balaban J connectivity index is 1.67. The Labute approximate surface area is 174 Å². The van der Waals surface area contributed by atoms with Gasteiger partial charge in [-0.2, -0.15) is 4.31 Å². The van der Waals surface area contributed by atoms with E-state index in [1.807, 2.05) is 31.2 Å². The molecule has 156 valence electrons. The van der Waals surface area contributed by atoms with Crippen LogP contribution in [0.3, 0.4) is 0 Å². The highest BCUT2D eigenvalue weighted by Gasteiger charge is 2.33. The van der Waals surface area contributed by atoms with Crippen LogP contribution in [-0.2, 0) is 14.8 Å². The minimum Gasteiger partial charge on any atom is -0.326 e. The number of piperidine rings is 1. The van der Waals surface area contributed by atoms with E-state index >= 15 is 0 Å². The Morgan fingerprint density at radius 1 is 1.14 bits per heavy atom. The number of nitrogens with zero attached hydrogens (tertiary/aromatic N) is 1. The molecule has 0 aliphatic carbocycles. The molecule has 2 aromatic carbocycles. The van der Waals surface area contributed by atoms with E-state index in [0.29, 0.717) is 25.3 Å². The van der Waals surface area contributed by atoms with Crippen LogP contribution < -0.4 is 5.32 Å². The van der Waals surface area contributed by atoms with Crippen LogP contribution in [-0.4, -0.2) is 31.7 Å². The number of carbonyl (C=O) groups is 1. The summed E-state index contributed by atoms with van der Waals surface area (Å²) in [5, 5.41) is 2.95. The van der Waals surface area contributed by atoms with Crippen LogP contribution >= 0.6 is 0 Å². The molecule has 0 bridgehead atoms. The van der Waals surface area contributed by atoms with Gasteiger partial charge in [-0.25, -0.2) is 8.42 Å². The first-order chi connectivity index (χ1) is 13.8. The number of sulfonamides is 1. The SMILES string of the molecule is CC[C@@H](C)c1ccc(NC(=O)[C@H]2CCCN(S(=O)(=O)c3ccc(C)cc3)C2)cc1. The molecule has 1 heterocycles. The highest BCUT2D eigenvalue weighted by atomic mass is 32.2. The van der Waals surface area contributed by atoms with Crippen molar-refractivity contribution < 1.29 is 13.2 Å². The molecule has 1 amide bonds. The van der Waals surface area contributed by atoms with Crippen molar-refractivity contribution in [1.82, 2.24) is 4.31 Å².